The zero-order valence-corrected chi connectivity index (χ0v) is 15.8. The summed E-state index contributed by atoms with van der Waals surface area (Å²) >= 11 is 0. The van der Waals surface area contributed by atoms with Gasteiger partial charge in [0, 0.05) is 42.1 Å². The van der Waals surface area contributed by atoms with E-state index in [1.54, 1.807) is 0 Å². The summed E-state index contributed by atoms with van der Waals surface area (Å²) in [4.78, 5) is 14.8. The maximum absolute atomic E-state index is 12.3. The number of hydrogen-bond donors (Lipinski definition) is 1. The normalized spacial score (nSPS) is 17.7. The van der Waals surface area contributed by atoms with Gasteiger partial charge in [0.2, 0.25) is 5.91 Å². The van der Waals surface area contributed by atoms with Gasteiger partial charge in [-0.3, -0.25) is 9.69 Å². The highest BCUT2D eigenvalue weighted by molar-refractivity contribution is 5.84. The Hall–Kier alpha value is -1.81. The fourth-order valence-electron chi connectivity index (χ4n) is 3.77. The molecule has 3 rings (SSSR count). The quantitative estimate of drug-likeness (QED) is 0.868. The molecule has 4 nitrogen and oxygen atoms in total. The van der Waals surface area contributed by atoms with Crippen molar-refractivity contribution in [2.75, 3.05) is 13.1 Å². The molecule has 1 amide bonds. The summed E-state index contributed by atoms with van der Waals surface area (Å²) < 4.78 is 2.33. The number of piperidine rings is 1. The first-order valence-corrected chi connectivity index (χ1v) is 9.71. The molecule has 1 fully saturated rings. The highest BCUT2D eigenvalue weighted by Gasteiger charge is 2.26. The van der Waals surface area contributed by atoms with Crippen molar-refractivity contribution in [2.45, 2.75) is 59.2 Å². The Bertz CT molecular complexity index is 713. The molecular formula is C21H31N3O. The number of hydrogen-bond acceptors (Lipinski definition) is 2. The zero-order valence-electron chi connectivity index (χ0n) is 15.8. The SMILES string of the molecule is CCC(C)NC(=O)C1CCN(Cc2cn(CC)c3ccccc23)CC1. The van der Waals surface area contributed by atoms with Gasteiger partial charge in [0.1, 0.15) is 0 Å². The van der Waals surface area contributed by atoms with E-state index in [2.05, 4.69) is 66.0 Å². The molecule has 1 aliphatic rings. The molecule has 0 aliphatic carbocycles. The summed E-state index contributed by atoms with van der Waals surface area (Å²) in [5.74, 6) is 0.429. The van der Waals surface area contributed by atoms with Gasteiger partial charge >= 0.3 is 0 Å². The number of fused-ring (bicyclic) bond motifs is 1. The number of nitrogens with one attached hydrogen (secondary N) is 1. The maximum Gasteiger partial charge on any atom is 0.223 e. The second-order valence-corrected chi connectivity index (χ2v) is 7.33. The fraction of sp³-hybridized carbons (Fsp3) is 0.571. The lowest BCUT2D eigenvalue weighted by molar-refractivity contribution is -0.127. The predicted octanol–water partition coefficient (Wildman–Crippen LogP) is 3.79. The van der Waals surface area contributed by atoms with Crippen LogP contribution in [0.4, 0.5) is 0 Å². The van der Waals surface area contributed by atoms with E-state index in [1.807, 2.05) is 0 Å². The summed E-state index contributed by atoms with van der Waals surface area (Å²) in [6.45, 7) is 10.4. The van der Waals surface area contributed by atoms with Crippen molar-refractivity contribution in [2.24, 2.45) is 5.92 Å². The van der Waals surface area contributed by atoms with Gasteiger partial charge in [0.25, 0.3) is 0 Å². The number of likely N-dealkylation sites (tertiary alicyclic amines) is 1. The molecule has 1 N–H and O–H groups in total. The van der Waals surface area contributed by atoms with Crippen molar-refractivity contribution in [1.82, 2.24) is 14.8 Å². The van der Waals surface area contributed by atoms with Crippen molar-refractivity contribution in [3.63, 3.8) is 0 Å². The van der Waals surface area contributed by atoms with Crippen LogP contribution in [0.3, 0.4) is 0 Å². The molecule has 2 heterocycles. The van der Waals surface area contributed by atoms with E-state index in [9.17, 15) is 4.79 Å². The molecule has 1 aromatic heterocycles. The number of carbonyl (C=O) groups is 1. The molecule has 1 saturated heterocycles. The molecule has 2 aromatic rings. The lowest BCUT2D eigenvalue weighted by Crippen LogP contribution is -2.42. The van der Waals surface area contributed by atoms with Crippen molar-refractivity contribution >= 4 is 16.8 Å². The molecule has 1 unspecified atom stereocenters. The Morgan fingerprint density at radius 3 is 2.64 bits per heavy atom. The Kier molecular flexibility index (Phi) is 5.79. The minimum absolute atomic E-state index is 0.183. The van der Waals surface area contributed by atoms with Crippen LogP contribution >= 0.6 is 0 Å². The van der Waals surface area contributed by atoms with E-state index in [-0.39, 0.29) is 17.9 Å². The predicted molar refractivity (Wildman–Crippen MR) is 104 cm³/mol. The maximum atomic E-state index is 12.3. The minimum Gasteiger partial charge on any atom is -0.353 e. The smallest absolute Gasteiger partial charge is 0.223 e. The molecule has 0 bridgehead atoms. The molecule has 136 valence electrons. The summed E-state index contributed by atoms with van der Waals surface area (Å²) in [5, 5.41) is 4.50. The number of benzene rings is 1. The van der Waals surface area contributed by atoms with Crippen LogP contribution in [0.15, 0.2) is 30.5 Å². The lowest BCUT2D eigenvalue weighted by Gasteiger charge is -2.31. The van der Waals surface area contributed by atoms with Crippen molar-refractivity contribution in [3.8, 4) is 0 Å². The summed E-state index contributed by atoms with van der Waals surface area (Å²) in [6.07, 6.45) is 5.22. The average Bonchev–Trinajstić information content (AvgIpc) is 3.00. The molecule has 0 radical (unpaired) electrons. The number of nitrogens with zero attached hydrogens (tertiary/aromatic N) is 2. The average molecular weight is 341 g/mol. The van der Waals surface area contributed by atoms with Gasteiger partial charge in [-0.2, -0.15) is 0 Å². The minimum atomic E-state index is 0.183. The number of aryl methyl sites for hydroxylation is 1. The van der Waals surface area contributed by atoms with Crippen LogP contribution in [-0.4, -0.2) is 34.5 Å². The van der Waals surface area contributed by atoms with Crippen molar-refractivity contribution < 1.29 is 4.79 Å². The highest BCUT2D eigenvalue weighted by Crippen LogP contribution is 2.25. The second-order valence-electron chi connectivity index (χ2n) is 7.33. The van der Waals surface area contributed by atoms with Gasteiger partial charge < -0.3 is 9.88 Å². The third kappa shape index (κ3) is 4.06. The van der Waals surface area contributed by atoms with Gasteiger partial charge in [-0.15, -0.1) is 0 Å². The van der Waals surface area contributed by atoms with Crippen LogP contribution in [-0.2, 0) is 17.9 Å². The van der Waals surface area contributed by atoms with Gasteiger partial charge in [-0.25, -0.2) is 0 Å². The number of carbonyl (C=O) groups excluding carboxylic acids is 1. The third-order valence-electron chi connectivity index (χ3n) is 5.57. The van der Waals surface area contributed by atoms with E-state index in [0.29, 0.717) is 0 Å². The first-order valence-electron chi connectivity index (χ1n) is 9.71. The molecule has 25 heavy (non-hydrogen) atoms. The standard InChI is InChI=1S/C21H31N3O/c1-4-16(3)22-21(25)17-10-12-23(13-11-17)14-18-15-24(5-2)20-9-7-6-8-19(18)20/h6-9,15-17H,4-5,10-14H2,1-3H3,(H,22,25). The topological polar surface area (TPSA) is 37.3 Å². The van der Waals surface area contributed by atoms with Crippen molar-refractivity contribution in [1.29, 1.82) is 0 Å². The molecule has 0 saturated carbocycles. The molecule has 1 atom stereocenters. The molecule has 0 spiro atoms. The zero-order chi connectivity index (χ0) is 17.8. The molecule has 1 aliphatic heterocycles. The van der Waals surface area contributed by atoms with E-state index >= 15 is 0 Å². The monoisotopic (exact) mass is 341 g/mol. The van der Waals surface area contributed by atoms with Gasteiger partial charge in [-0.1, -0.05) is 25.1 Å². The first kappa shape index (κ1) is 18.0. The summed E-state index contributed by atoms with van der Waals surface area (Å²) in [5.41, 5.74) is 2.72. The van der Waals surface area contributed by atoms with Crippen LogP contribution in [0, 0.1) is 5.92 Å². The number of para-hydroxylation sites is 1. The highest BCUT2D eigenvalue weighted by atomic mass is 16.1. The Balaban J connectivity index is 1.60. The van der Waals surface area contributed by atoms with Gasteiger partial charge in [0.05, 0.1) is 0 Å². The molecule has 1 aromatic carbocycles. The van der Waals surface area contributed by atoms with Crippen LogP contribution in [0.5, 0.6) is 0 Å². The number of amides is 1. The fourth-order valence-corrected chi connectivity index (χ4v) is 3.77. The molecular weight excluding hydrogens is 310 g/mol. The lowest BCUT2D eigenvalue weighted by atomic mass is 9.95. The van der Waals surface area contributed by atoms with Crippen LogP contribution in [0.2, 0.25) is 0 Å². The summed E-state index contributed by atoms with van der Waals surface area (Å²) in [6, 6.07) is 8.94. The van der Waals surface area contributed by atoms with Crippen molar-refractivity contribution in [3.05, 3.63) is 36.0 Å². The van der Waals surface area contributed by atoms with E-state index < -0.39 is 0 Å². The number of rotatable bonds is 6. The van der Waals surface area contributed by atoms with E-state index in [4.69, 9.17) is 0 Å². The third-order valence-corrected chi connectivity index (χ3v) is 5.57. The first-order chi connectivity index (χ1) is 12.1. The van der Waals surface area contributed by atoms with Crippen LogP contribution in [0.1, 0.15) is 45.6 Å². The van der Waals surface area contributed by atoms with Gasteiger partial charge in [-0.05, 0) is 57.8 Å². The van der Waals surface area contributed by atoms with E-state index in [1.165, 1.54) is 16.5 Å². The Morgan fingerprint density at radius 2 is 1.96 bits per heavy atom. The number of aromatic nitrogens is 1. The van der Waals surface area contributed by atoms with E-state index in [0.717, 1.165) is 45.4 Å². The molecule has 4 heteroatoms. The Labute approximate surface area is 151 Å². The largest absolute Gasteiger partial charge is 0.353 e. The summed E-state index contributed by atoms with van der Waals surface area (Å²) in [7, 11) is 0. The van der Waals surface area contributed by atoms with Crippen LogP contribution in [0.25, 0.3) is 10.9 Å². The van der Waals surface area contributed by atoms with Crippen LogP contribution < -0.4 is 5.32 Å². The Morgan fingerprint density at radius 1 is 1.24 bits per heavy atom. The second kappa shape index (κ2) is 8.05. The van der Waals surface area contributed by atoms with Gasteiger partial charge in [0.15, 0.2) is 0 Å².